The van der Waals surface area contributed by atoms with Crippen LogP contribution in [0.2, 0.25) is 0 Å². The van der Waals surface area contributed by atoms with Crippen molar-refractivity contribution in [2.24, 2.45) is 0 Å². The lowest BCUT2D eigenvalue weighted by atomic mass is 10.1. The Morgan fingerprint density at radius 3 is 2.38 bits per heavy atom. The molecule has 0 bridgehead atoms. The Morgan fingerprint density at radius 1 is 1.04 bits per heavy atom. The van der Waals surface area contributed by atoms with E-state index in [1.165, 1.54) is 6.07 Å². The van der Waals surface area contributed by atoms with Gasteiger partial charge in [0.15, 0.2) is 0 Å². The number of alkyl halides is 3. The molecule has 0 heterocycles. The molecule has 0 aromatic heterocycles. The Balaban J connectivity index is 1.98. The second-order valence-electron chi connectivity index (χ2n) is 5.51. The zero-order valence-corrected chi connectivity index (χ0v) is 13.9. The van der Waals surface area contributed by atoms with E-state index >= 15 is 0 Å². The van der Waals surface area contributed by atoms with Crippen LogP contribution in [0, 0.1) is 6.92 Å². The molecule has 0 atom stereocenters. The van der Waals surface area contributed by atoms with Crippen LogP contribution in [-0.2, 0) is 9.53 Å². The van der Waals surface area contributed by atoms with Gasteiger partial charge in [-0.25, -0.2) is 0 Å². The van der Waals surface area contributed by atoms with Crippen LogP contribution in [0.25, 0.3) is 0 Å². The van der Waals surface area contributed by atoms with Crippen molar-refractivity contribution in [1.29, 1.82) is 0 Å². The molecule has 0 saturated carbocycles. The Labute approximate surface area is 148 Å². The summed E-state index contributed by atoms with van der Waals surface area (Å²) in [4.78, 5) is 23.9. The zero-order valence-electron chi connectivity index (χ0n) is 13.9. The maximum absolute atomic E-state index is 12.1. The predicted molar refractivity (Wildman–Crippen MR) is 91.1 cm³/mol. The van der Waals surface area contributed by atoms with Crippen LogP contribution in [0.4, 0.5) is 24.5 Å². The molecule has 5 nitrogen and oxygen atoms in total. The molecule has 0 radical (unpaired) electrons. The average Bonchev–Trinajstić information content (AvgIpc) is 2.57. The molecule has 0 aliphatic heterocycles. The number of amides is 2. The molecule has 2 aromatic carbocycles. The molecular formula is C18H17F3N2O3. The Hall–Kier alpha value is -2.87. The van der Waals surface area contributed by atoms with Crippen LogP contribution < -0.4 is 10.6 Å². The van der Waals surface area contributed by atoms with E-state index in [0.717, 1.165) is 0 Å². The third-order valence-electron chi connectivity index (χ3n) is 3.30. The fourth-order valence-corrected chi connectivity index (χ4v) is 2.07. The van der Waals surface area contributed by atoms with Crippen molar-refractivity contribution in [2.45, 2.75) is 13.1 Å². The van der Waals surface area contributed by atoms with Crippen molar-refractivity contribution in [2.75, 3.05) is 23.8 Å². The molecule has 2 aromatic rings. The number of anilines is 2. The fourth-order valence-electron chi connectivity index (χ4n) is 2.07. The van der Waals surface area contributed by atoms with E-state index in [1.54, 1.807) is 49.4 Å². The first-order valence-corrected chi connectivity index (χ1v) is 7.66. The minimum Gasteiger partial charge on any atom is -0.362 e. The standard InChI is InChI=1S/C18H17F3N2O3/c1-12-7-8-14(22-17(25)13-5-3-2-4-6-13)9-15(12)23-16(24)10-26-11-18(19,20)21/h2-9H,10-11H2,1H3,(H,22,25)(H,23,24). The van der Waals surface area contributed by atoms with Gasteiger partial charge in [0.2, 0.25) is 5.91 Å². The van der Waals surface area contributed by atoms with Gasteiger partial charge < -0.3 is 15.4 Å². The third kappa shape index (κ3) is 6.21. The third-order valence-corrected chi connectivity index (χ3v) is 3.30. The highest BCUT2D eigenvalue weighted by Crippen LogP contribution is 2.21. The number of nitrogens with one attached hydrogen (secondary N) is 2. The molecule has 2 amide bonds. The normalized spacial score (nSPS) is 11.1. The highest BCUT2D eigenvalue weighted by atomic mass is 19.4. The number of carbonyl (C=O) groups is 2. The molecule has 0 spiro atoms. The first kappa shape index (κ1) is 19.5. The first-order chi connectivity index (χ1) is 12.2. The molecule has 0 unspecified atom stereocenters. The molecule has 0 aliphatic carbocycles. The van der Waals surface area contributed by atoms with Gasteiger partial charge in [-0.2, -0.15) is 13.2 Å². The summed E-state index contributed by atoms with van der Waals surface area (Å²) in [6.07, 6.45) is -4.49. The van der Waals surface area contributed by atoms with Gasteiger partial charge in [-0.3, -0.25) is 9.59 Å². The van der Waals surface area contributed by atoms with Crippen LogP contribution in [-0.4, -0.2) is 31.2 Å². The molecule has 138 valence electrons. The topological polar surface area (TPSA) is 67.4 Å². The van der Waals surface area contributed by atoms with E-state index < -0.39 is 25.3 Å². The van der Waals surface area contributed by atoms with Gasteiger partial charge in [-0.15, -0.1) is 0 Å². The lowest BCUT2D eigenvalue weighted by Crippen LogP contribution is -2.24. The monoisotopic (exact) mass is 366 g/mol. The number of hydrogen-bond donors (Lipinski definition) is 2. The molecule has 26 heavy (non-hydrogen) atoms. The molecular weight excluding hydrogens is 349 g/mol. The second-order valence-corrected chi connectivity index (χ2v) is 5.51. The van der Waals surface area contributed by atoms with Crippen molar-refractivity contribution in [3.63, 3.8) is 0 Å². The maximum Gasteiger partial charge on any atom is 0.411 e. The van der Waals surface area contributed by atoms with E-state index in [2.05, 4.69) is 15.4 Å². The molecule has 0 saturated heterocycles. The first-order valence-electron chi connectivity index (χ1n) is 7.66. The van der Waals surface area contributed by atoms with E-state index in [1.807, 2.05) is 0 Å². The number of rotatable bonds is 6. The number of carbonyl (C=O) groups excluding carboxylic acids is 2. The summed E-state index contributed by atoms with van der Waals surface area (Å²) in [7, 11) is 0. The van der Waals surface area contributed by atoms with E-state index in [9.17, 15) is 22.8 Å². The Kier molecular flexibility index (Phi) is 6.35. The van der Waals surface area contributed by atoms with Gasteiger partial charge in [0.1, 0.15) is 13.2 Å². The van der Waals surface area contributed by atoms with Crippen LogP contribution in [0.3, 0.4) is 0 Å². The van der Waals surface area contributed by atoms with Crippen molar-refractivity contribution in [3.05, 3.63) is 59.7 Å². The summed E-state index contributed by atoms with van der Waals surface area (Å²) in [5.41, 5.74) is 1.97. The van der Waals surface area contributed by atoms with E-state index in [-0.39, 0.29) is 5.91 Å². The number of benzene rings is 2. The highest BCUT2D eigenvalue weighted by Gasteiger charge is 2.27. The average molecular weight is 366 g/mol. The summed E-state index contributed by atoms with van der Waals surface area (Å²) < 4.78 is 40.4. The molecule has 0 aliphatic rings. The molecule has 2 N–H and O–H groups in total. The summed E-state index contributed by atoms with van der Waals surface area (Å²) in [5, 5.41) is 5.16. The lowest BCUT2D eigenvalue weighted by molar-refractivity contribution is -0.174. The fraction of sp³-hybridized carbons (Fsp3) is 0.222. The van der Waals surface area contributed by atoms with Gasteiger partial charge in [0.25, 0.3) is 5.91 Å². The maximum atomic E-state index is 12.1. The lowest BCUT2D eigenvalue weighted by Gasteiger charge is -2.12. The minimum absolute atomic E-state index is 0.319. The molecule has 2 rings (SSSR count). The van der Waals surface area contributed by atoms with Crippen molar-refractivity contribution >= 4 is 23.2 Å². The number of halogens is 3. The van der Waals surface area contributed by atoms with E-state index in [4.69, 9.17) is 0 Å². The van der Waals surface area contributed by atoms with Gasteiger partial charge in [0, 0.05) is 16.9 Å². The Bertz CT molecular complexity index is 777. The van der Waals surface area contributed by atoms with E-state index in [0.29, 0.717) is 22.5 Å². The zero-order chi connectivity index (χ0) is 19.2. The SMILES string of the molecule is Cc1ccc(NC(=O)c2ccccc2)cc1NC(=O)COCC(F)(F)F. The smallest absolute Gasteiger partial charge is 0.362 e. The largest absolute Gasteiger partial charge is 0.411 e. The summed E-state index contributed by atoms with van der Waals surface area (Å²) >= 11 is 0. The highest BCUT2D eigenvalue weighted by molar-refractivity contribution is 6.04. The van der Waals surface area contributed by atoms with Gasteiger partial charge in [0.05, 0.1) is 0 Å². The van der Waals surface area contributed by atoms with Crippen LogP contribution in [0.15, 0.2) is 48.5 Å². The van der Waals surface area contributed by atoms with Gasteiger partial charge in [-0.05, 0) is 36.8 Å². The van der Waals surface area contributed by atoms with Crippen LogP contribution in [0.1, 0.15) is 15.9 Å². The van der Waals surface area contributed by atoms with Crippen LogP contribution >= 0.6 is 0 Å². The van der Waals surface area contributed by atoms with Crippen LogP contribution in [0.5, 0.6) is 0 Å². The molecule has 0 fully saturated rings. The van der Waals surface area contributed by atoms with Gasteiger partial charge >= 0.3 is 6.18 Å². The summed E-state index contributed by atoms with van der Waals surface area (Å²) in [6.45, 7) is -0.499. The number of aryl methyl sites for hydroxylation is 1. The molecule has 8 heteroatoms. The summed E-state index contributed by atoms with van der Waals surface area (Å²) in [6, 6.07) is 13.4. The minimum atomic E-state index is -4.49. The quantitative estimate of drug-likeness (QED) is 0.818. The number of ether oxygens (including phenoxy) is 1. The number of hydrogen-bond acceptors (Lipinski definition) is 3. The summed E-state index contributed by atoms with van der Waals surface area (Å²) in [5.74, 6) is -1.04. The van der Waals surface area contributed by atoms with Crippen molar-refractivity contribution < 1.29 is 27.5 Å². The second kappa shape index (κ2) is 8.48. The Morgan fingerprint density at radius 2 is 1.73 bits per heavy atom. The van der Waals surface area contributed by atoms with Gasteiger partial charge in [-0.1, -0.05) is 24.3 Å². The van der Waals surface area contributed by atoms with Crippen molar-refractivity contribution in [3.8, 4) is 0 Å². The van der Waals surface area contributed by atoms with Crippen molar-refractivity contribution in [1.82, 2.24) is 0 Å². The predicted octanol–water partition coefficient (Wildman–Crippen LogP) is 3.76.